The van der Waals surface area contributed by atoms with Gasteiger partial charge in [-0.1, -0.05) is 12.1 Å². The van der Waals surface area contributed by atoms with Gasteiger partial charge in [-0.2, -0.15) is 5.26 Å². The fourth-order valence-electron chi connectivity index (χ4n) is 1.79. The van der Waals surface area contributed by atoms with Gasteiger partial charge in [0.05, 0.1) is 11.6 Å². The summed E-state index contributed by atoms with van der Waals surface area (Å²) in [5, 5.41) is 8.89. The van der Waals surface area contributed by atoms with Crippen LogP contribution in [0, 0.1) is 32.1 Å². The van der Waals surface area contributed by atoms with Crippen LogP contribution in [0.2, 0.25) is 0 Å². The molecular weight excluding hydrogens is 222 g/mol. The van der Waals surface area contributed by atoms with Gasteiger partial charge in [0.1, 0.15) is 11.5 Å². The molecule has 0 saturated heterocycles. The van der Waals surface area contributed by atoms with Crippen LogP contribution in [0.25, 0.3) is 0 Å². The van der Waals surface area contributed by atoms with Gasteiger partial charge in [-0.05, 0) is 61.7 Å². The molecule has 0 radical (unpaired) electrons. The van der Waals surface area contributed by atoms with Crippen LogP contribution in [0.5, 0.6) is 11.5 Å². The van der Waals surface area contributed by atoms with Crippen LogP contribution < -0.4 is 4.74 Å². The van der Waals surface area contributed by atoms with Crippen LogP contribution in [-0.4, -0.2) is 0 Å². The summed E-state index contributed by atoms with van der Waals surface area (Å²) in [5.74, 6) is 1.62. The molecule has 0 unspecified atom stereocenters. The van der Waals surface area contributed by atoms with Gasteiger partial charge in [0.15, 0.2) is 0 Å². The van der Waals surface area contributed by atoms with E-state index in [0.717, 1.165) is 22.6 Å². The highest BCUT2D eigenvalue weighted by Crippen LogP contribution is 2.27. The molecule has 0 aliphatic heterocycles. The van der Waals surface area contributed by atoms with Gasteiger partial charge in [0, 0.05) is 0 Å². The number of aryl methyl sites for hydroxylation is 2. The molecule has 18 heavy (non-hydrogen) atoms. The molecule has 0 atom stereocenters. The van der Waals surface area contributed by atoms with Crippen molar-refractivity contribution in [3.05, 3.63) is 58.7 Å². The summed E-state index contributed by atoms with van der Waals surface area (Å²) >= 11 is 0. The Morgan fingerprint density at radius 1 is 1.00 bits per heavy atom. The van der Waals surface area contributed by atoms with Crippen molar-refractivity contribution in [3.8, 4) is 17.6 Å². The second kappa shape index (κ2) is 4.93. The minimum absolute atomic E-state index is 0.684. The highest BCUT2D eigenvalue weighted by Gasteiger charge is 2.05. The van der Waals surface area contributed by atoms with Gasteiger partial charge in [0.2, 0.25) is 0 Å². The maximum absolute atomic E-state index is 8.89. The normalized spacial score (nSPS) is 9.89. The number of hydrogen-bond acceptors (Lipinski definition) is 2. The molecule has 0 aromatic heterocycles. The summed E-state index contributed by atoms with van der Waals surface area (Å²) in [6.45, 7) is 6.02. The average Bonchev–Trinajstić information content (AvgIpc) is 2.35. The predicted octanol–water partition coefficient (Wildman–Crippen LogP) is 4.28. The molecular formula is C16H15NO. The van der Waals surface area contributed by atoms with Crippen LogP contribution in [-0.2, 0) is 0 Å². The number of hydrogen-bond donors (Lipinski definition) is 0. The second-order valence-electron chi connectivity index (χ2n) is 4.39. The molecule has 90 valence electrons. The van der Waals surface area contributed by atoms with E-state index in [0.29, 0.717) is 5.56 Å². The lowest BCUT2D eigenvalue weighted by molar-refractivity contribution is 0.478. The third kappa shape index (κ3) is 2.36. The van der Waals surface area contributed by atoms with E-state index in [1.807, 2.05) is 38.1 Å². The van der Waals surface area contributed by atoms with Gasteiger partial charge < -0.3 is 4.74 Å². The van der Waals surface area contributed by atoms with Crippen molar-refractivity contribution in [1.82, 2.24) is 0 Å². The van der Waals surface area contributed by atoms with E-state index >= 15 is 0 Å². The van der Waals surface area contributed by atoms with Gasteiger partial charge in [0.25, 0.3) is 0 Å². The van der Waals surface area contributed by atoms with Crippen LogP contribution >= 0.6 is 0 Å². The van der Waals surface area contributed by atoms with Crippen molar-refractivity contribution in [2.45, 2.75) is 20.8 Å². The summed E-state index contributed by atoms with van der Waals surface area (Å²) in [7, 11) is 0. The third-order valence-electron chi connectivity index (χ3n) is 3.10. The Bertz CT molecular complexity index is 623. The quantitative estimate of drug-likeness (QED) is 0.781. The summed E-state index contributed by atoms with van der Waals surface area (Å²) in [5.41, 5.74) is 3.96. The molecule has 2 heteroatoms. The highest BCUT2D eigenvalue weighted by atomic mass is 16.5. The first kappa shape index (κ1) is 12.2. The van der Waals surface area contributed by atoms with Crippen molar-refractivity contribution in [2.24, 2.45) is 0 Å². The fourth-order valence-corrected chi connectivity index (χ4v) is 1.79. The Morgan fingerprint density at radius 3 is 2.44 bits per heavy atom. The molecule has 2 nitrogen and oxygen atoms in total. The van der Waals surface area contributed by atoms with Crippen LogP contribution in [0.15, 0.2) is 36.4 Å². The average molecular weight is 237 g/mol. The van der Waals surface area contributed by atoms with Crippen molar-refractivity contribution in [3.63, 3.8) is 0 Å². The monoisotopic (exact) mass is 237 g/mol. The van der Waals surface area contributed by atoms with Crippen molar-refractivity contribution < 1.29 is 4.74 Å². The van der Waals surface area contributed by atoms with E-state index in [2.05, 4.69) is 19.1 Å². The van der Waals surface area contributed by atoms with Gasteiger partial charge >= 0.3 is 0 Å². The first-order chi connectivity index (χ1) is 8.61. The topological polar surface area (TPSA) is 33.0 Å². The van der Waals surface area contributed by atoms with Crippen molar-refractivity contribution in [2.75, 3.05) is 0 Å². The standard InChI is InChI=1S/C16H15NO/c1-11-5-4-6-16(13(11)3)18-15-8-7-14(10-17)12(2)9-15/h4-9H,1-3H3. The molecule has 2 aromatic rings. The van der Waals surface area contributed by atoms with Crippen molar-refractivity contribution >= 4 is 0 Å². The lowest BCUT2D eigenvalue weighted by Gasteiger charge is -2.11. The van der Waals surface area contributed by atoms with Crippen LogP contribution in [0.3, 0.4) is 0 Å². The first-order valence-corrected chi connectivity index (χ1v) is 5.86. The molecule has 0 aliphatic carbocycles. The lowest BCUT2D eigenvalue weighted by Crippen LogP contribution is -1.91. The first-order valence-electron chi connectivity index (χ1n) is 5.86. The Kier molecular flexibility index (Phi) is 3.34. The smallest absolute Gasteiger partial charge is 0.130 e. The number of benzene rings is 2. The zero-order valence-corrected chi connectivity index (χ0v) is 10.8. The van der Waals surface area contributed by atoms with E-state index in [9.17, 15) is 0 Å². The molecule has 0 heterocycles. The highest BCUT2D eigenvalue weighted by molar-refractivity contribution is 5.45. The number of nitriles is 1. The minimum Gasteiger partial charge on any atom is -0.457 e. The van der Waals surface area contributed by atoms with Gasteiger partial charge in [-0.15, -0.1) is 0 Å². The van der Waals surface area contributed by atoms with E-state index < -0.39 is 0 Å². The van der Waals surface area contributed by atoms with Gasteiger partial charge in [-0.25, -0.2) is 0 Å². The van der Waals surface area contributed by atoms with Crippen molar-refractivity contribution in [1.29, 1.82) is 5.26 Å². The lowest BCUT2D eigenvalue weighted by atomic mass is 10.1. The van der Waals surface area contributed by atoms with Crippen LogP contribution in [0.4, 0.5) is 0 Å². The molecule has 2 rings (SSSR count). The van der Waals surface area contributed by atoms with E-state index in [1.165, 1.54) is 5.56 Å². The summed E-state index contributed by atoms with van der Waals surface area (Å²) in [6, 6.07) is 13.7. The summed E-state index contributed by atoms with van der Waals surface area (Å²) in [6.07, 6.45) is 0. The maximum atomic E-state index is 8.89. The zero-order chi connectivity index (χ0) is 13.1. The molecule has 0 spiro atoms. The molecule has 2 aromatic carbocycles. The second-order valence-corrected chi connectivity index (χ2v) is 4.39. The Hall–Kier alpha value is -2.27. The SMILES string of the molecule is Cc1cc(Oc2cccc(C)c2C)ccc1C#N. The molecule has 0 saturated carbocycles. The largest absolute Gasteiger partial charge is 0.457 e. The molecule has 0 N–H and O–H groups in total. The predicted molar refractivity (Wildman–Crippen MR) is 71.9 cm³/mol. The summed E-state index contributed by atoms with van der Waals surface area (Å²) in [4.78, 5) is 0. The Morgan fingerprint density at radius 2 is 1.78 bits per heavy atom. The number of nitrogens with zero attached hydrogens (tertiary/aromatic N) is 1. The number of ether oxygens (including phenoxy) is 1. The summed E-state index contributed by atoms with van der Waals surface area (Å²) < 4.78 is 5.86. The minimum atomic E-state index is 0.684. The fraction of sp³-hybridized carbons (Fsp3) is 0.188. The van der Waals surface area contributed by atoms with E-state index in [-0.39, 0.29) is 0 Å². The molecule has 0 fully saturated rings. The zero-order valence-electron chi connectivity index (χ0n) is 10.8. The Labute approximate surface area is 107 Å². The van der Waals surface area contributed by atoms with Crippen LogP contribution in [0.1, 0.15) is 22.3 Å². The molecule has 0 amide bonds. The number of rotatable bonds is 2. The maximum Gasteiger partial charge on any atom is 0.130 e. The van der Waals surface area contributed by atoms with E-state index in [1.54, 1.807) is 6.07 Å². The van der Waals surface area contributed by atoms with Gasteiger partial charge in [-0.3, -0.25) is 0 Å². The van der Waals surface area contributed by atoms with E-state index in [4.69, 9.17) is 10.00 Å². The Balaban J connectivity index is 2.32. The molecule has 0 aliphatic rings. The third-order valence-corrected chi connectivity index (χ3v) is 3.10. The molecule has 0 bridgehead atoms.